The van der Waals surface area contributed by atoms with E-state index in [0.717, 1.165) is 41.5 Å². The highest BCUT2D eigenvalue weighted by atomic mass is 32.1. The van der Waals surface area contributed by atoms with E-state index < -0.39 is 6.04 Å². The third kappa shape index (κ3) is 3.59. The Kier molecular flexibility index (Phi) is 5.00. The fourth-order valence-electron chi connectivity index (χ4n) is 4.38. The third-order valence-electron chi connectivity index (χ3n) is 6.03. The summed E-state index contributed by atoms with van der Waals surface area (Å²) >= 11 is 1.62. The van der Waals surface area contributed by atoms with E-state index in [-0.39, 0.29) is 24.1 Å². The Morgan fingerprint density at radius 3 is 2.93 bits per heavy atom. The lowest BCUT2D eigenvalue weighted by atomic mass is 10.0. The van der Waals surface area contributed by atoms with E-state index in [1.54, 1.807) is 16.2 Å². The second-order valence-electron chi connectivity index (χ2n) is 8.01. The van der Waals surface area contributed by atoms with Gasteiger partial charge in [-0.3, -0.25) is 19.7 Å². The average Bonchev–Trinajstić information content (AvgIpc) is 3.47. The summed E-state index contributed by atoms with van der Waals surface area (Å²) in [7, 11) is 0. The van der Waals surface area contributed by atoms with E-state index in [9.17, 15) is 14.4 Å². The first-order valence-electron chi connectivity index (χ1n) is 10.2. The number of aromatic nitrogens is 1. The number of nitrogens with one attached hydrogen (secondary N) is 3. The van der Waals surface area contributed by atoms with Crippen LogP contribution in [0.5, 0.6) is 0 Å². The first-order chi connectivity index (χ1) is 14.6. The van der Waals surface area contributed by atoms with Crippen LogP contribution in [0.2, 0.25) is 0 Å². The molecule has 0 aliphatic carbocycles. The lowest BCUT2D eigenvalue weighted by Crippen LogP contribution is -2.52. The maximum atomic E-state index is 12.8. The Morgan fingerprint density at radius 2 is 2.13 bits per heavy atom. The minimum Gasteiger partial charge on any atom is -0.357 e. The maximum Gasteiger partial charge on any atom is 0.255 e. The summed E-state index contributed by atoms with van der Waals surface area (Å²) in [6.45, 7) is 3.06. The lowest BCUT2D eigenvalue weighted by Gasteiger charge is -2.29. The van der Waals surface area contributed by atoms with E-state index in [0.29, 0.717) is 31.0 Å². The summed E-state index contributed by atoms with van der Waals surface area (Å²) < 4.78 is 0. The van der Waals surface area contributed by atoms with Crippen molar-refractivity contribution >= 4 is 34.2 Å². The van der Waals surface area contributed by atoms with E-state index in [1.165, 1.54) is 0 Å². The van der Waals surface area contributed by atoms with Gasteiger partial charge in [-0.15, -0.1) is 11.3 Å². The van der Waals surface area contributed by atoms with Crippen LogP contribution in [0.1, 0.15) is 52.4 Å². The number of nitrogens with zero attached hydrogens (tertiary/aromatic N) is 2. The number of carbonyl (C=O) groups is 3. The molecule has 156 valence electrons. The molecule has 3 aliphatic heterocycles. The molecule has 1 aromatic carbocycles. The molecule has 2 fully saturated rings. The zero-order valence-corrected chi connectivity index (χ0v) is 17.3. The average molecular weight is 426 g/mol. The zero-order valence-electron chi connectivity index (χ0n) is 16.4. The molecule has 2 saturated heterocycles. The number of piperidine rings is 1. The van der Waals surface area contributed by atoms with Crippen molar-refractivity contribution in [2.24, 2.45) is 0 Å². The number of amides is 3. The standard InChI is InChI=1S/C21H23N5O3S/c27-18-4-3-17(19(28)25-18)26-10-14-7-12(1-2-15(14)20(26)29)8-23-21-24-16(11-30-21)13-5-6-22-9-13/h1-2,7,11,13,17,22H,3-6,8-10H2,(H,23,24)(H,25,27,28)/t13-,17?/m0/s1. The van der Waals surface area contributed by atoms with Crippen LogP contribution in [0.4, 0.5) is 5.13 Å². The van der Waals surface area contributed by atoms with Gasteiger partial charge in [-0.25, -0.2) is 4.98 Å². The monoisotopic (exact) mass is 425 g/mol. The Morgan fingerprint density at radius 1 is 1.23 bits per heavy atom. The van der Waals surface area contributed by atoms with E-state index in [4.69, 9.17) is 4.98 Å². The number of benzene rings is 1. The van der Waals surface area contributed by atoms with Crippen LogP contribution >= 0.6 is 11.3 Å². The molecule has 2 aromatic rings. The van der Waals surface area contributed by atoms with Crippen LogP contribution in [0.3, 0.4) is 0 Å². The largest absolute Gasteiger partial charge is 0.357 e. The van der Waals surface area contributed by atoms with Crippen molar-refractivity contribution in [3.8, 4) is 0 Å². The molecule has 2 atom stereocenters. The van der Waals surface area contributed by atoms with E-state index >= 15 is 0 Å². The molecule has 4 heterocycles. The summed E-state index contributed by atoms with van der Waals surface area (Å²) in [4.78, 5) is 42.6. The quantitative estimate of drug-likeness (QED) is 0.629. The van der Waals surface area contributed by atoms with Crippen molar-refractivity contribution in [2.45, 2.75) is 44.3 Å². The first-order valence-corrected chi connectivity index (χ1v) is 11.1. The molecule has 0 saturated carbocycles. The zero-order chi connectivity index (χ0) is 20.7. The summed E-state index contributed by atoms with van der Waals surface area (Å²) in [6.07, 6.45) is 1.77. The van der Waals surface area contributed by atoms with Gasteiger partial charge in [0.15, 0.2) is 5.13 Å². The highest BCUT2D eigenvalue weighted by Gasteiger charge is 2.39. The van der Waals surface area contributed by atoms with E-state index in [1.807, 2.05) is 18.2 Å². The minimum absolute atomic E-state index is 0.145. The molecule has 5 rings (SSSR count). The van der Waals surface area contributed by atoms with Gasteiger partial charge in [0, 0.05) is 42.9 Å². The van der Waals surface area contributed by atoms with Gasteiger partial charge in [0.2, 0.25) is 11.8 Å². The number of carbonyl (C=O) groups excluding carboxylic acids is 3. The van der Waals surface area contributed by atoms with Gasteiger partial charge in [0.25, 0.3) is 5.91 Å². The van der Waals surface area contributed by atoms with Gasteiger partial charge in [-0.05, 0) is 36.6 Å². The molecule has 3 aliphatic rings. The highest BCUT2D eigenvalue weighted by Crippen LogP contribution is 2.29. The molecule has 3 N–H and O–H groups in total. The Bertz CT molecular complexity index is 1010. The van der Waals surface area contributed by atoms with Crippen LogP contribution in [-0.4, -0.2) is 46.7 Å². The van der Waals surface area contributed by atoms with Gasteiger partial charge in [-0.2, -0.15) is 0 Å². The lowest BCUT2D eigenvalue weighted by molar-refractivity contribution is -0.136. The van der Waals surface area contributed by atoms with Crippen molar-refractivity contribution in [2.75, 3.05) is 18.4 Å². The molecule has 0 bridgehead atoms. The molecule has 3 amide bonds. The SMILES string of the molecule is O=C1CCC(N2Cc3cc(CNc4nc([C@H]5CCNC5)cs4)ccc3C2=O)C(=O)N1. The predicted molar refractivity (Wildman–Crippen MR) is 112 cm³/mol. The molecule has 1 unspecified atom stereocenters. The van der Waals surface area contributed by atoms with Gasteiger partial charge < -0.3 is 15.5 Å². The minimum atomic E-state index is -0.581. The van der Waals surface area contributed by atoms with Crippen molar-refractivity contribution in [3.05, 3.63) is 46.0 Å². The van der Waals surface area contributed by atoms with Gasteiger partial charge >= 0.3 is 0 Å². The Hall–Kier alpha value is -2.78. The number of rotatable bonds is 5. The smallest absolute Gasteiger partial charge is 0.255 e. The highest BCUT2D eigenvalue weighted by molar-refractivity contribution is 7.13. The molecular formula is C21H23N5O3S. The maximum absolute atomic E-state index is 12.8. The Labute approximate surface area is 178 Å². The summed E-state index contributed by atoms with van der Waals surface area (Å²) in [6, 6.07) is 5.20. The number of hydrogen-bond acceptors (Lipinski definition) is 7. The van der Waals surface area contributed by atoms with Crippen molar-refractivity contribution in [1.82, 2.24) is 20.5 Å². The number of imide groups is 1. The van der Waals surface area contributed by atoms with Gasteiger partial charge in [-0.1, -0.05) is 12.1 Å². The number of thiazole rings is 1. The second kappa shape index (κ2) is 7.81. The van der Waals surface area contributed by atoms with Crippen molar-refractivity contribution in [1.29, 1.82) is 0 Å². The molecule has 9 heteroatoms. The molecule has 8 nitrogen and oxygen atoms in total. The molecule has 0 radical (unpaired) electrons. The fraction of sp³-hybridized carbons (Fsp3) is 0.429. The predicted octanol–water partition coefficient (Wildman–Crippen LogP) is 1.59. The molecular weight excluding hydrogens is 402 g/mol. The number of hydrogen-bond donors (Lipinski definition) is 3. The summed E-state index contributed by atoms with van der Waals surface area (Å²) in [5.74, 6) is -0.301. The topological polar surface area (TPSA) is 103 Å². The normalized spacial score (nSPS) is 23.6. The molecule has 1 aromatic heterocycles. The second-order valence-corrected chi connectivity index (χ2v) is 8.87. The fourth-order valence-corrected chi connectivity index (χ4v) is 5.17. The van der Waals surface area contributed by atoms with Crippen molar-refractivity contribution in [3.63, 3.8) is 0 Å². The van der Waals surface area contributed by atoms with Gasteiger partial charge in [0.1, 0.15) is 6.04 Å². The van der Waals surface area contributed by atoms with Crippen LogP contribution in [0, 0.1) is 0 Å². The van der Waals surface area contributed by atoms with Gasteiger partial charge in [0.05, 0.1) is 5.69 Å². The number of fused-ring (bicyclic) bond motifs is 1. The molecule has 30 heavy (non-hydrogen) atoms. The van der Waals surface area contributed by atoms with Crippen molar-refractivity contribution < 1.29 is 14.4 Å². The first kappa shape index (κ1) is 19.2. The Balaban J connectivity index is 1.24. The summed E-state index contributed by atoms with van der Waals surface area (Å²) in [5, 5.41) is 12.1. The van der Waals surface area contributed by atoms with Crippen LogP contribution in [-0.2, 0) is 22.7 Å². The molecule has 0 spiro atoms. The van der Waals surface area contributed by atoms with Crippen LogP contribution < -0.4 is 16.0 Å². The summed E-state index contributed by atoms with van der Waals surface area (Å²) in [5.41, 5.74) is 3.76. The third-order valence-corrected chi connectivity index (χ3v) is 6.85. The van der Waals surface area contributed by atoms with Crippen LogP contribution in [0.15, 0.2) is 23.6 Å². The van der Waals surface area contributed by atoms with Crippen LogP contribution in [0.25, 0.3) is 0 Å². The van der Waals surface area contributed by atoms with E-state index in [2.05, 4.69) is 21.3 Å². The number of anilines is 1.